The summed E-state index contributed by atoms with van der Waals surface area (Å²) in [4.78, 5) is 16.5. The Balaban J connectivity index is 1.70. The molecule has 122 valence electrons. The van der Waals surface area contributed by atoms with Crippen LogP contribution in [0.3, 0.4) is 0 Å². The molecule has 0 aliphatic rings. The number of nitrogens with one attached hydrogen (secondary N) is 1. The van der Waals surface area contributed by atoms with Gasteiger partial charge in [0, 0.05) is 16.8 Å². The monoisotopic (exact) mass is 324 g/mol. The number of ether oxygens (including phenoxy) is 1. The average molecular weight is 324 g/mol. The van der Waals surface area contributed by atoms with Crippen molar-refractivity contribution in [1.82, 2.24) is 4.98 Å². The largest absolute Gasteiger partial charge is 0.481 e. The van der Waals surface area contributed by atoms with E-state index in [1.165, 1.54) is 6.07 Å². The predicted molar refractivity (Wildman–Crippen MR) is 91.7 cm³/mol. The Kier molecular flexibility index (Phi) is 4.42. The van der Waals surface area contributed by atoms with Crippen molar-refractivity contribution in [2.45, 2.75) is 13.8 Å². The number of carbonyl (C=O) groups is 1. The summed E-state index contributed by atoms with van der Waals surface area (Å²) in [7, 11) is 0. The molecule has 0 fully saturated rings. The average Bonchev–Trinajstić information content (AvgIpc) is 2.56. The van der Waals surface area contributed by atoms with Gasteiger partial charge in [0.15, 0.2) is 6.61 Å². The zero-order chi connectivity index (χ0) is 17.1. The smallest absolute Gasteiger partial charge is 0.262 e. The molecule has 3 rings (SSSR count). The Morgan fingerprint density at radius 1 is 1.17 bits per heavy atom. The van der Waals surface area contributed by atoms with Crippen molar-refractivity contribution in [1.29, 1.82) is 0 Å². The zero-order valence-corrected chi connectivity index (χ0v) is 13.5. The van der Waals surface area contributed by atoms with Gasteiger partial charge < -0.3 is 10.1 Å². The molecule has 1 N–H and O–H groups in total. The summed E-state index contributed by atoms with van der Waals surface area (Å²) in [6.45, 7) is 3.39. The lowest BCUT2D eigenvalue weighted by Crippen LogP contribution is -2.20. The summed E-state index contributed by atoms with van der Waals surface area (Å²) in [6, 6.07) is 14.0. The number of fused-ring (bicyclic) bond motifs is 1. The van der Waals surface area contributed by atoms with Gasteiger partial charge in [-0.3, -0.25) is 4.79 Å². The lowest BCUT2D eigenvalue weighted by atomic mass is 10.2. The van der Waals surface area contributed by atoms with Crippen LogP contribution in [0.1, 0.15) is 11.3 Å². The van der Waals surface area contributed by atoms with Crippen LogP contribution in [0, 0.1) is 19.7 Å². The van der Waals surface area contributed by atoms with E-state index in [1.807, 2.05) is 31.2 Å². The summed E-state index contributed by atoms with van der Waals surface area (Å²) in [5.74, 6) is -0.174. The Morgan fingerprint density at radius 3 is 2.79 bits per heavy atom. The van der Waals surface area contributed by atoms with Gasteiger partial charge in [-0.05, 0) is 43.7 Å². The van der Waals surface area contributed by atoms with Gasteiger partial charge in [0.1, 0.15) is 17.1 Å². The maximum absolute atomic E-state index is 13.5. The Hall–Kier alpha value is -2.95. The molecule has 0 bridgehead atoms. The van der Waals surface area contributed by atoms with Crippen molar-refractivity contribution in [3.05, 3.63) is 65.6 Å². The quantitative estimate of drug-likeness (QED) is 0.789. The van der Waals surface area contributed by atoms with Crippen LogP contribution in [0.5, 0.6) is 5.75 Å². The third-order valence-corrected chi connectivity index (χ3v) is 3.64. The Labute approximate surface area is 139 Å². The number of nitrogens with zero attached hydrogens (tertiary/aromatic N) is 1. The van der Waals surface area contributed by atoms with Gasteiger partial charge >= 0.3 is 0 Å². The first-order valence-corrected chi connectivity index (χ1v) is 7.58. The number of aromatic nitrogens is 1. The lowest BCUT2D eigenvalue weighted by molar-refractivity contribution is -0.118. The Morgan fingerprint density at radius 2 is 2.00 bits per heavy atom. The highest BCUT2D eigenvalue weighted by atomic mass is 19.1. The molecule has 1 heterocycles. The van der Waals surface area contributed by atoms with Crippen molar-refractivity contribution in [2.24, 2.45) is 0 Å². The molecule has 0 atom stereocenters. The first kappa shape index (κ1) is 15.9. The van der Waals surface area contributed by atoms with Crippen molar-refractivity contribution in [2.75, 3.05) is 11.9 Å². The molecule has 2 aromatic carbocycles. The van der Waals surface area contributed by atoms with Gasteiger partial charge in [-0.2, -0.15) is 0 Å². The molecule has 0 aliphatic carbocycles. The number of amides is 1. The second kappa shape index (κ2) is 6.66. The third-order valence-electron chi connectivity index (χ3n) is 3.64. The topological polar surface area (TPSA) is 51.2 Å². The first-order chi connectivity index (χ1) is 11.5. The maximum Gasteiger partial charge on any atom is 0.262 e. The second-order valence-corrected chi connectivity index (χ2v) is 5.58. The van der Waals surface area contributed by atoms with E-state index in [4.69, 9.17) is 4.74 Å². The molecule has 0 radical (unpaired) electrons. The summed E-state index contributed by atoms with van der Waals surface area (Å²) in [5.41, 5.74) is 2.52. The number of carbonyl (C=O) groups excluding carboxylic acids is 1. The normalized spacial score (nSPS) is 10.6. The highest BCUT2D eigenvalue weighted by Gasteiger charge is 2.08. The zero-order valence-electron chi connectivity index (χ0n) is 13.5. The number of para-hydroxylation sites is 1. The molecule has 24 heavy (non-hydrogen) atoms. The first-order valence-electron chi connectivity index (χ1n) is 7.58. The molecule has 5 heteroatoms. The van der Waals surface area contributed by atoms with Crippen molar-refractivity contribution < 1.29 is 13.9 Å². The second-order valence-electron chi connectivity index (χ2n) is 5.58. The fourth-order valence-electron chi connectivity index (χ4n) is 2.34. The van der Waals surface area contributed by atoms with Crippen molar-refractivity contribution in [3.8, 4) is 5.75 Å². The van der Waals surface area contributed by atoms with Gasteiger partial charge in [-0.1, -0.05) is 24.3 Å². The van der Waals surface area contributed by atoms with E-state index in [-0.39, 0.29) is 18.3 Å². The minimum absolute atomic E-state index is 0.176. The molecule has 0 unspecified atom stereocenters. The number of aryl methyl sites for hydroxylation is 2. The highest BCUT2D eigenvalue weighted by Crippen LogP contribution is 2.24. The molecule has 0 saturated heterocycles. The summed E-state index contributed by atoms with van der Waals surface area (Å²) >= 11 is 0. The molecule has 0 spiro atoms. The Bertz CT molecular complexity index is 909. The highest BCUT2D eigenvalue weighted by molar-refractivity contribution is 5.92. The number of anilines is 1. The number of pyridine rings is 1. The van der Waals surface area contributed by atoms with Crippen LogP contribution in [-0.2, 0) is 4.79 Å². The van der Waals surface area contributed by atoms with E-state index in [2.05, 4.69) is 10.3 Å². The van der Waals surface area contributed by atoms with E-state index in [0.717, 1.165) is 11.1 Å². The van der Waals surface area contributed by atoms with Gasteiger partial charge in [-0.25, -0.2) is 9.37 Å². The molecule has 1 aromatic heterocycles. The molecular formula is C19H17FN2O2. The number of rotatable bonds is 4. The maximum atomic E-state index is 13.5. The van der Waals surface area contributed by atoms with Crippen LogP contribution in [0.4, 0.5) is 10.1 Å². The minimum Gasteiger partial charge on any atom is -0.481 e. The van der Waals surface area contributed by atoms with Crippen LogP contribution in [0.2, 0.25) is 0 Å². The third kappa shape index (κ3) is 3.51. The fourth-order valence-corrected chi connectivity index (χ4v) is 2.34. The molecule has 1 amide bonds. The van der Waals surface area contributed by atoms with Gasteiger partial charge in [0.2, 0.25) is 0 Å². The van der Waals surface area contributed by atoms with Gasteiger partial charge in [0.25, 0.3) is 5.91 Å². The van der Waals surface area contributed by atoms with Crippen LogP contribution in [-0.4, -0.2) is 17.5 Å². The summed E-state index contributed by atoms with van der Waals surface area (Å²) in [5, 5.41) is 3.56. The van der Waals surface area contributed by atoms with Gasteiger partial charge in [0.05, 0.1) is 0 Å². The molecule has 4 nitrogen and oxygen atoms in total. The number of benzene rings is 2. The molecule has 3 aromatic rings. The minimum atomic E-state index is -0.359. The number of halogens is 1. The number of hydrogen-bond donors (Lipinski definition) is 1. The van der Waals surface area contributed by atoms with E-state index >= 15 is 0 Å². The predicted octanol–water partition coefficient (Wildman–Crippen LogP) is 4.01. The van der Waals surface area contributed by atoms with Crippen molar-refractivity contribution in [3.63, 3.8) is 0 Å². The van der Waals surface area contributed by atoms with E-state index in [9.17, 15) is 9.18 Å². The van der Waals surface area contributed by atoms with Crippen LogP contribution >= 0.6 is 0 Å². The van der Waals surface area contributed by atoms with Crippen molar-refractivity contribution >= 4 is 22.5 Å². The van der Waals surface area contributed by atoms with E-state index < -0.39 is 0 Å². The SMILES string of the molecule is Cc1ccc2cccc(OCC(=O)Nc3ccc(C)c(F)c3)c2n1. The summed E-state index contributed by atoms with van der Waals surface area (Å²) in [6.07, 6.45) is 0. The number of hydrogen-bond acceptors (Lipinski definition) is 3. The van der Waals surface area contributed by atoms with Crippen LogP contribution < -0.4 is 10.1 Å². The fraction of sp³-hybridized carbons (Fsp3) is 0.158. The van der Waals surface area contributed by atoms with Crippen LogP contribution in [0.25, 0.3) is 10.9 Å². The van der Waals surface area contributed by atoms with Gasteiger partial charge in [-0.15, -0.1) is 0 Å². The summed E-state index contributed by atoms with van der Waals surface area (Å²) < 4.78 is 19.1. The standard InChI is InChI=1S/C19H17FN2O2/c1-12-6-9-15(10-16(12)20)22-18(23)11-24-17-5-3-4-14-8-7-13(2)21-19(14)17/h3-10H,11H2,1-2H3,(H,22,23). The molecule has 0 saturated carbocycles. The lowest BCUT2D eigenvalue weighted by Gasteiger charge is -2.10. The van der Waals surface area contributed by atoms with Crippen LogP contribution in [0.15, 0.2) is 48.5 Å². The molecular weight excluding hydrogens is 307 g/mol. The van der Waals surface area contributed by atoms with E-state index in [1.54, 1.807) is 25.1 Å². The molecule has 0 aliphatic heterocycles. The van der Waals surface area contributed by atoms with E-state index in [0.29, 0.717) is 22.5 Å².